The van der Waals surface area contributed by atoms with E-state index in [1.54, 1.807) is 19.2 Å². The summed E-state index contributed by atoms with van der Waals surface area (Å²) in [5.74, 6) is 0.818. The predicted octanol–water partition coefficient (Wildman–Crippen LogP) is 0.101. The molecule has 1 aromatic heterocycles. The van der Waals surface area contributed by atoms with Crippen LogP contribution in [-0.4, -0.2) is 43.7 Å². The fourth-order valence-electron chi connectivity index (χ4n) is 0.857. The normalized spacial score (nSPS) is 10.2. The highest BCUT2D eigenvalue weighted by molar-refractivity contribution is 5.27. The van der Waals surface area contributed by atoms with Gasteiger partial charge in [0.25, 0.3) is 0 Å². The molecule has 6 heteroatoms. The summed E-state index contributed by atoms with van der Waals surface area (Å²) in [7, 11) is 1.63. The van der Waals surface area contributed by atoms with Crippen molar-refractivity contribution >= 4 is 5.82 Å². The molecule has 0 aliphatic carbocycles. The van der Waals surface area contributed by atoms with Crippen molar-refractivity contribution in [1.82, 2.24) is 10.2 Å². The van der Waals surface area contributed by atoms with E-state index < -0.39 is 0 Å². The first kappa shape index (κ1) is 11.7. The van der Waals surface area contributed by atoms with Crippen molar-refractivity contribution in [3.63, 3.8) is 0 Å². The van der Waals surface area contributed by atoms with Crippen LogP contribution in [0.4, 0.5) is 5.82 Å². The van der Waals surface area contributed by atoms with Gasteiger partial charge in [0, 0.05) is 13.2 Å². The Hall–Kier alpha value is -1.40. The minimum Gasteiger partial charge on any atom is -0.474 e. The molecule has 2 N–H and O–H groups in total. The Labute approximate surface area is 88.3 Å². The van der Waals surface area contributed by atoms with E-state index in [0.717, 1.165) is 0 Å². The summed E-state index contributed by atoms with van der Waals surface area (Å²) in [6.45, 7) is 2.08. The second-order valence-corrected chi connectivity index (χ2v) is 2.75. The minimum absolute atomic E-state index is 0.374. The Bertz CT molecular complexity index is 266. The SMILES string of the molecule is COCCOCCOc1ccc(N)nn1. The van der Waals surface area contributed by atoms with Crippen molar-refractivity contribution in [2.75, 3.05) is 39.3 Å². The van der Waals surface area contributed by atoms with Crippen LogP contribution in [0.1, 0.15) is 0 Å². The van der Waals surface area contributed by atoms with Crippen molar-refractivity contribution in [2.24, 2.45) is 0 Å². The average molecular weight is 213 g/mol. The van der Waals surface area contributed by atoms with Gasteiger partial charge in [0.15, 0.2) is 0 Å². The van der Waals surface area contributed by atoms with Crippen molar-refractivity contribution in [3.8, 4) is 5.88 Å². The summed E-state index contributed by atoms with van der Waals surface area (Å²) in [6, 6.07) is 3.30. The van der Waals surface area contributed by atoms with Crippen molar-refractivity contribution in [3.05, 3.63) is 12.1 Å². The largest absolute Gasteiger partial charge is 0.474 e. The van der Waals surface area contributed by atoms with Crippen LogP contribution in [-0.2, 0) is 9.47 Å². The van der Waals surface area contributed by atoms with Crippen LogP contribution in [0, 0.1) is 0 Å². The first-order valence-electron chi connectivity index (χ1n) is 4.61. The fourth-order valence-corrected chi connectivity index (χ4v) is 0.857. The first-order valence-corrected chi connectivity index (χ1v) is 4.61. The lowest BCUT2D eigenvalue weighted by molar-refractivity contribution is 0.0535. The standard InChI is InChI=1S/C9H15N3O3/c1-13-4-5-14-6-7-15-9-3-2-8(10)11-12-9/h2-3H,4-7H2,1H3,(H2,10,11). The molecule has 84 valence electrons. The Balaban J connectivity index is 2.07. The number of nitrogen functional groups attached to an aromatic ring is 1. The maximum absolute atomic E-state index is 5.37. The Morgan fingerprint density at radius 3 is 2.60 bits per heavy atom. The Morgan fingerprint density at radius 1 is 1.13 bits per heavy atom. The van der Waals surface area contributed by atoms with Crippen LogP contribution < -0.4 is 10.5 Å². The number of aromatic nitrogens is 2. The molecule has 0 aliphatic rings. The second kappa shape index (κ2) is 6.97. The number of nitrogens with zero attached hydrogens (tertiary/aromatic N) is 2. The maximum Gasteiger partial charge on any atom is 0.233 e. The molecule has 6 nitrogen and oxygen atoms in total. The lowest BCUT2D eigenvalue weighted by Crippen LogP contribution is -2.10. The number of anilines is 1. The van der Waals surface area contributed by atoms with E-state index in [4.69, 9.17) is 19.9 Å². The van der Waals surface area contributed by atoms with Gasteiger partial charge in [-0.3, -0.25) is 0 Å². The fraction of sp³-hybridized carbons (Fsp3) is 0.556. The third-order valence-corrected chi connectivity index (χ3v) is 1.57. The molecule has 0 amide bonds. The second-order valence-electron chi connectivity index (χ2n) is 2.75. The topological polar surface area (TPSA) is 79.5 Å². The van der Waals surface area contributed by atoms with Crippen molar-refractivity contribution in [2.45, 2.75) is 0 Å². The van der Waals surface area contributed by atoms with E-state index in [1.807, 2.05) is 0 Å². The number of nitrogens with two attached hydrogens (primary N) is 1. The highest BCUT2D eigenvalue weighted by Crippen LogP contribution is 2.04. The summed E-state index contributed by atoms with van der Waals surface area (Å²) in [4.78, 5) is 0. The van der Waals surface area contributed by atoms with Crippen LogP contribution in [0.25, 0.3) is 0 Å². The highest BCUT2D eigenvalue weighted by atomic mass is 16.5. The first-order chi connectivity index (χ1) is 7.33. The third kappa shape index (κ3) is 5.14. The molecule has 0 aliphatic heterocycles. The quantitative estimate of drug-likeness (QED) is 0.647. The van der Waals surface area contributed by atoms with Crippen molar-refractivity contribution < 1.29 is 14.2 Å². The average Bonchev–Trinajstić information content (AvgIpc) is 2.26. The molecule has 0 fully saturated rings. The molecule has 0 bridgehead atoms. The number of hydrogen-bond acceptors (Lipinski definition) is 6. The number of methoxy groups -OCH3 is 1. The molecule has 0 unspecified atom stereocenters. The number of ether oxygens (including phenoxy) is 3. The summed E-state index contributed by atoms with van der Waals surface area (Å²) < 4.78 is 15.3. The minimum atomic E-state index is 0.374. The van der Waals surface area contributed by atoms with Gasteiger partial charge >= 0.3 is 0 Å². The van der Waals surface area contributed by atoms with Gasteiger partial charge in [-0.25, -0.2) is 0 Å². The van der Waals surface area contributed by atoms with E-state index in [2.05, 4.69) is 10.2 Å². The molecule has 0 saturated carbocycles. The highest BCUT2D eigenvalue weighted by Gasteiger charge is 1.95. The molecule has 0 saturated heterocycles. The summed E-state index contributed by atoms with van der Waals surface area (Å²) >= 11 is 0. The van der Waals surface area contributed by atoms with Gasteiger partial charge in [-0.1, -0.05) is 0 Å². The van der Waals surface area contributed by atoms with E-state index in [0.29, 0.717) is 38.1 Å². The zero-order valence-electron chi connectivity index (χ0n) is 8.68. The van der Waals surface area contributed by atoms with Crippen LogP contribution in [0.2, 0.25) is 0 Å². The third-order valence-electron chi connectivity index (χ3n) is 1.57. The summed E-state index contributed by atoms with van der Waals surface area (Å²) in [6.07, 6.45) is 0. The molecule has 0 atom stereocenters. The summed E-state index contributed by atoms with van der Waals surface area (Å²) in [5.41, 5.74) is 5.37. The van der Waals surface area contributed by atoms with Gasteiger partial charge in [-0.15, -0.1) is 10.2 Å². The number of rotatable bonds is 7. The van der Waals surface area contributed by atoms with Gasteiger partial charge in [0.2, 0.25) is 5.88 Å². The van der Waals surface area contributed by atoms with Crippen LogP contribution in [0.5, 0.6) is 5.88 Å². The smallest absolute Gasteiger partial charge is 0.233 e. The molecule has 0 aromatic carbocycles. The summed E-state index contributed by atoms with van der Waals surface area (Å²) in [5, 5.41) is 7.38. The van der Waals surface area contributed by atoms with E-state index in [9.17, 15) is 0 Å². The van der Waals surface area contributed by atoms with Crippen molar-refractivity contribution in [1.29, 1.82) is 0 Å². The van der Waals surface area contributed by atoms with Crippen LogP contribution in [0.15, 0.2) is 12.1 Å². The van der Waals surface area contributed by atoms with Crippen LogP contribution in [0.3, 0.4) is 0 Å². The maximum atomic E-state index is 5.37. The Morgan fingerprint density at radius 2 is 1.93 bits per heavy atom. The van der Waals surface area contributed by atoms with E-state index >= 15 is 0 Å². The predicted molar refractivity (Wildman–Crippen MR) is 54.6 cm³/mol. The van der Waals surface area contributed by atoms with Gasteiger partial charge in [0.1, 0.15) is 12.4 Å². The van der Waals surface area contributed by atoms with Gasteiger partial charge in [0.05, 0.1) is 19.8 Å². The monoisotopic (exact) mass is 213 g/mol. The van der Waals surface area contributed by atoms with Crippen LogP contribution >= 0.6 is 0 Å². The molecule has 1 aromatic rings. The molecule has 1 heterocycles. The molecular formula is C9H15N3O3. The van der Waals surface area contributed by atoms with Gasteiger partial charge in [-0.2, -0.15) is 0 Å². The molecule has 15 heavy (non-hydrogen) atoms. The molecule has 0 radical (unpaired) electrons. The lowest BCUT2D eigenvalue weighted by Gasteiger charge is -2.05. The zero-order valence-corrected chi connectivity index (χ0v) is 8.68. The van der Waals surface area contributed by atoms with Gasteiger partial charge < -0.3 is 19.9 Å². The van der Waals surface area contributed by atoms with Gasteiger partial charge in [-0.05, 0) is 6.07 Å². The number of hydrogen-bond donors (Lipinski definition) is 1. The molecule has 0 spiro atoms. The zero-order chi connectivity index (χ0) is 10.9. The van der Waals surface area contributed by atoms with E-state index in [-0.39, 0.29) is 0 Å². The lowest BCUT2D eigenvalue weighted by atomic mass is 10.5. The molecule has 1 rings (SSSR count). The molecular weight excluding hydrogens is 198 g/mol. The Kier molecular flexibility index (Phi) is 5.42. The van der Waals surface area contributed by atoms with E-state index in [1.165, 1.54) is 0 Å².